The minimum atomic E-state index is -1.89. The predicted molar refractivity (Wildman–Crippen MR) is 524 cm³/mol. The van der Waals surface area contributed by atoms with Crippen molar-refractivity contribution in [2.75, 3.05) is 58.3 Å². The molecule has 0 radical (unpaired) electrons. The maximum Gasteiger partial charge on any atom is 0.303 e. The number of nitro groups is 3. The molecule has 0 saturated carbocycles. The third kappa shape index (κ3) is 41.7. The summed E-state index contributed by atoms with van der Waals surface area (Å²) in [5, 5.41) is 106. The first kappa shape index (κ1) is 123. The smallest absolute Gasteiger partial charge is 0.303 e. The lowest BCUT2D eigenvalue weighted by molar-refractivity contribution is -0.385. The van der Waals surface area contributed by atoms with Gasteiger partial charge in [-0.15, -0.1) is 0 Å². The van der Waals surface area contributed by atoms with Gasteiger partial charge in [-0.25, -0.2) is 0 Å². The molecule has 3 heterocycles. The van der Waals surface area contributed by atoms with E-state index < -0.39 is 322 Å². The number of halogens is 1. The second-order valence-electron chi connectivity index (χ2n) is 33.1. The lowest BCUT2D eigenvalue weighted by Crippen LogP contribution is -2.59. The van der Waals surface area contributed by atoms with Crippen molar-refractivity contribution < 1.29 is 155 Å². The molecule has 7 rings (SSSR count). The number of thioether (sulfide) groups is 1. The Morgan fingerprint density at radius 1 is 0.423 bits per heavy atom. The normalized spacial score (nSPS) is 20.8. The van der Waals surface area contributed by atoms with Gasteiger partial charge in [0.1, 0.15) is 103 Å². The number of aliphatic carboxylic acids is 3. The molecule has 0 spiro atoms. The highest BCUT2D eigenvalue weighted by molar-refractivity contribution is 14.1. The zero-order valence-electron chi connectivity index (χ0n) is 79.7. The minimum Gasteiger partial charge on any atom is -0.492 e. The Labute approximate surface area is 862 Å². The highest BCUT2D eigenvalue weighted by Crippen LogP contribution is 2.33. The molecule has 0 saturated heterocycles. The third-order valence-corrected chi connectivity index (χ3v) is 23.6. The summed E-state index contributed by atoms with van der Waals surface area (Å²) in [6.07, 6.45) is -4.42. The molecular weight excluding hydrogens is 2110 g/mol. The van der Waals surface area contributed by atoms with E-state index in [0.717, 1.165) is 30.3 Å². The van der Waals surface area contributed by atoms with Gasteiger partial charge in [0.25, 0.3) is 40.7 Å². The number of ether oxygens (including phenoxy) is 3. The molecular formula is C87H116IN25O35S. The SMILES string of the molecule is CC(O)[C@@H]1NC(=O)C(CCCCN)NC(=O)c2cc([N+](=O)[O-])cc(I)c2OCCC(C(N)=O)NC1=O.NC(=O)C[C@@H]1NC(=O)C(CCC(=O)O)NC(=O)c2ccccc2CSCC(C(N)=O)NC1=O.NCCCC[C@H]1NC(=O)[C@H](CCC(=O)O)NC(=O)c2cc([N+](=O)[O-])ccc2OCC(C(=O)NCC(N)=O)NC(=O)[C@@H](CCCCN)NC(=O)[C@H](CCC(=O)O)NC(=O)c2cc([N+](=O)[O-])ccc2OCC(C(=O)NCC(N)=O)NC1=O. The maximum atomic E-state index is 14.2. The maximum absolute atomic E-state index is 14.2. The van der Waals surface area contributed by atoms with E-state index in [1.54, 1.807) is 46.9 Å². The van der Waals surface area contributed by atoms with Gasteiger partial charge in [-0.1, -0.05) is 18.2 Å². The molecule has 0 aromatic heterocycles. The number of nitrogens with zero attached hydrogens (tertiary/aromatic N) is 3. The van der Waals surface area contributed by atoms with Crippen LogP contribution in [0.3, 0.4) is 0 Å². The molecule has 149 heavy (non-hydrogen) atoms. The van der Waals surface area contributed by atoms with Crippen LogP contribution in [0.5, 0.6) is 17.2 Å². The van der Waals surface area contributed by atoms with E-state index in [4.69, 9.17) is 65.2 Å². The second-order valence-corrected chi connectivity index (χ2v) is 35.3. The molecule has 3 aliphatic rings. The van der Waals surface area contributed by atoms with Crippen molar-refractivity contribution in [2.24, 2.45) is 45.9 Å². The Kier molecular flexibility index (Phi) is 51.2. The summed E-state index contributed by atoms with van der Waals surface area (Å²) >= 11 is 3.01. The highest BCUT2D eigenvalue weighted by Gasteiger charge is 2.40. The molecule has 4 aromatic rings. The Morgan fingerprint density at radius 2 is 0.779 bits per heavy atom. The molecule has 0 bridgehead atoms. The van der Waals surface area contributed by atoms with Crippen molar-refractivity contribution in [3.05, 3.63) is 135 Å². The van der Waals surface area contributed by atoms with Gasteiger partial charge in [0.15, 0.2) is 0 Å². The lowest BCUT2D eigenvalue weighted by atomic mass is 10.0. The van der Waals surface area contributed by atoms with Crippen LogP contribution in [0, 0.1) is 33.9 Å². The summed E-state index contributed by atoms with van der Waals surface area (Å²) in [4.78, 5) is 316. The Hall–Kier alpha value is -16.3. The van der Waals surface area contributed by atoms with Crippen molar-refractivity contribution in [3.63, 3.8) is 0 Å². The van der Waals surface area contributed by atoms with Crippen molar-refractivity contribution in [3.8, 4) is 17.2 Å². The number of nitrogens with one attached hydrogen (secondary N) is 14. The van der Waals surface area contributed by atoms with Crippen molar-refractivity contribution in [1.29, 1.82) is 0 Å². The van der Waals surface area contributed by atoms with Crippen molar-refractivity contribution >= 4 is 182 Å². The summed E-state index contributed by atoms with van der Waals surface area (Å²) in [6, 6.07) is -4.87. The number of fused-ring (bicyclic) bond motifs is 4. The van der Waals surface area contributed by atoms with Gasteiger partial charge in [-0.05, 0) is 150 Å². The number of aliphatic hydroxyl groups excluding tert-OH is 1. The van der Waals surface area contributed by atoms with Crippen LogP contribution in [0.2, 0.25) is 0 Å². The molecule has 34 N–H and O–H groups in total. The fraction of sp³-hybridized carbons (Fsp3) is 0.471. The zero-order chi connectivity index (χ0) is 111. The molecule has 60 nitrogen and oxygen atoms in total. The molecule has 19 amide bonds. The summed E-state index contributed by atoms with van der Waals surface area (Å²) in [5.74, 6) is -24.2. The average molecular weight is 2230 g/mol. The van der Waals surface area contributed by atoms with Gasteiger partial charge in [0.05, 0.1) is 67.3 Å². The molecule has 4 aromatic carbocycles. The van der Waals surface area contributed by atoms with Crippen molar-refractivity contribution in [2.45, 2.75) is 200 Å². The number of primary amides is 5. The second kappa shape index (κ2) is 61.9. The number of carboxylic acid groups (broad SMARTS) is 3. The summed E-state index contributed by atoms with van der Waals surface area (Å²) in [5.41, 5.74) is 40.7. The number of carbonyl (C=O) groups is 22. The molecule has 3 aliphatic heterocycles. The number of rotatable bonds is 35. The number of carbonyl (C=O) groups excluding carboxylic acids is 19. The molecule has 0 fully saturated rings. The van der Waals surface area contributed by atoms with E-state index in [9.17, 15) is 151 Å². The number of benzene rings is 4. The molecule has 812 valence electrons. The summed E-state index contributed by atoms with van der Waals surface area (Å²) in [6.45, 7) is -1.99. The molecule has 62 heteroatoms. The van der Waals surface area contributed by atoms with Gasteiger partial charge < -0.3 is 155 Å². The number of nitrogens with two attached hydrogens (primary N) is 8. The van der Waals surface area contributed by atoms with Crippen LogP contribution in [0.1, 0.15) is 163 Å². The molecule has 0 aliphatic carbocycles. The molecule has 13 atom stereocenters. The van der Waals surface area contributed by atoms with Gasteiger partial charge in [-0.3, -0.25) is 136 Å². The first-order valence-corrected chi connectivity index (χ1v) is 47.8. The van der Waals surface area contributed by atoms with E-state index >= 15 is 0 Å². The van der Waals surface area contributed by atoms with Gasteiger partial charge in [0, 0.05) is 79.2 Å². The lowest BCUT2D eigenvalue weighted by Gasteiger charge is -2.27. The van der Waals surface area contributed by atoms with E-state index in [0.29, 0.717) is 42.8 Å². The number of hydrogen-bond donors (Lipinski definition) is 26. The van der Waals surface area contributed by atoms with Crippen molar-refractivity contribution in [1.82, 2.24) is 74.4 Å². The van der Waals surface area contributed by atoms with Crippen LogP contribution in [0.4, 0.5) is 17.1 Å². The monoisotopic (exact) mass is 2230 g/mol. The largest absolute Gasteiger partial charge is 0.492 e. The van der Waals surface area contributed by atoms with Crippen LogP contribution in [0.25, 0.3) is 0 Å². The quantitative estimate of drug-likeness (QED) is 0.00880. The fourth-order valence-corrected chi connectivity index (χ4v) is 15.7. The van der Waals surface area contributed by atoms with Gasteiger partial charge in [-0.2, -0.15) is 11.8 Å². The number of nitro benzene ring substituents is 3. The Balaban J connectivity index is 0.000000461. The number of amides is 19. The standard InChI is InChI=1S/C46H62N14O20.C21H29IN6O8.C20H25N5O7S/c47-15-3-1-5-27-43(71)57-31(41(69)51-19-35(49)61)21-79-33-11-7-24(60(77)78)18-26(33)40(68)54-30(10-14-38(65)66)46(74)56-28(6-2-4-16-48)44(72)58-32(42(70)52-20-36(50)62)22-80-34-12-8-23(59(75)76)17-25(34)39(67)53-29(45(73)55-27)9-13-37(63)64;1-10(29)16-21(33)25-14(18(24)30)5-7-36-17-12(8-11(28(34)35)9-13(17)22)19(31)26-15(20(32)27-16)4-2-3-6-23;21-15(26)7-13-20(32)25-14(17(22)29)9-33-8-10-3-1-2-4-11(10)18(30)23-12(19(31)24-13)5-6-16(27)28/h7-8,11-12,17-18,27-32H,1-6,9-10,13-16,19-22,47-48H2,(H2,49,61)(H2,50,62)(H,51,69)(H,52,70)(H,53,67)(H,54,68)(H,55,73)(H,56,74)(H,57,71)(H,58,72)(H,63,64)(H,65,66);8-10,14-16,29H,2-7,23H2,1H3,(H2,24,30)(H,25,33)(H,26,31)(H,27,32);1-4,12-14H,5-9H2,(H2,21,26)(H2,22,29)(H,23,30)(H,24,31)(H,25,32)(H,27,28)/t27-,28-,29+,30+,31?,32?;10?,14?,15?,16-;12?,13-,14?/m100/s1. The van der Waals surface area contributed by atoms with E-state index in [1.807, 2.05) is 0 Å². The van der Waals surface area contributed by atoms with Crippen LogP contribution in [-0.4, -0.2) is 302 Å². The number of aliphatic hydroxyl groups is 1. The third-order valence-electron chi connectivity index (χ3n) is 21.7. The predicted octanol–water partition coefficient (Wildman–Crippen LogP) is -7.43. The van der Waals surface area contributed by atoms with Crippen LogP contribution < -0.4 is 135 Å². The van der Waals surface area contributed by atoms with Crippen LogP contribution in [0.15, 0.2) is 72.8 Å². The number of carboxylic acids is 3. The van der Waals surface area contributed by atoms with E-state index in [1.165, 1.54) is 24.8 Å². The average Bonchev–Trinajstić information content (AvgIpc) is 0.807. The van der Waals surface area contributed by atoms with Gasteiger partial charge >= 0.3 is 17.9 Å². The number of hydrogen-bond acceptors (Lipinski definition) is 36. The number of unbranched alkanes of at least 4 members (excludes halogenated alkanes) is 3. The van der Waals surface area contributed by atoms with Crippen LogP contribution in [-0.2, 0) is 92.1 Å². The zero-order valence-corrected chi connectivity index (χ0v) is 82.7. The first-order chi connectivity index (χ1) is 70.4. The molecule has 7 unspecified atom stereocenters. The van der Waals surface area contributed by atoms with Crippen LogP contribution >= 0.6 is 34.4 Å². The summed E-state index contributed by atoms with van der Waals surface area (Å²) < 4.78 is 17.5. The Morgan fingerprint density at radius 3 is 1.17 bits per heavy atom. The fourth-order valence-electron chi connectivity index (χ4n) is 13.9. The first-order valence-electron chi connectivity index (χ1n) is 45.6. The summed E-state index contributed by atoms with van der Waals surface area (Å²) in [7, 11) is 0. The Bertz CT molecular complexity index is 5450. The topological polar surface area (TPSA) is 990 Å². The van der Waals surface area contributed by atoms with E-state index in [2.05, 4.69) is 74.4 Å². The highest BCUT2D eigenvalue weighted by atomic mass is 127. The number of non-ortho nitro benzene ring substituents is 3. The minimum absolute atomic E-state index is 0.00767. The van der Waals surface area contributed by atoms with Gasteiger partial charge in [0.2, 0.25) is 88.6 Å². The van der Waals surface area contributed by atoms with E-state index in [-0.39, 0.29) is 109 Å².